The van der Waals surface area contributed by atoms with Gasteiger partial charge in [0.2, 0.25) is 0 Å². The van der Waals surface area contributed by atoms with Gasteiger partial charge in [-0.2, -0.15) is 0 Å². The fourth-order valence-electron chi connectivity index (χ4n) is 2.39. The Morgan fingerprint density at radius 2 is 2.44 bits per heavy atom. The van der Waals surface area contributed by atoms with Crippen molar-refractivity contribution in [2.45, 2.75) is 37.3 Å². The third kappa shape index (κ3) is 1.86. The number of aryl methyl sites for hydroxylation is 1. The van der Waals surface area contributed by atoms with E-state index >= 15 is 0 Å². The highest BCUT2D eigenvalue weighted by molar-refractivity contribution is 5.04. The lowest BCUT2D eigenvalue weighted by molar-refractivity contribution is -0.0986. The lowest BCUT2D eigenvalue weighted by atomic mass is 9.73. The highest BCUT2D eigenvalue weighted by Crippen LogP contribution is 2.38. The molecule has 0 spiro atoms. The van der Waals surface area contributed by atoms with Crippen molar-refractivity contribution < 1.29 is 4.74 Å². The Balaban J connectivity index is 2.08. The van der Waals surface area contributed by atoms with Crippen molar-refractivity contribution in [3.8, 4) is 0 Å². The fraction of sp³-hybridized carbons (Fsp3) is 0.727. The van der Waals surface area contributed by atoms with Crippen molar-refractivity contribution in [3.63, 3.8) is 0 Å². The van der Waals surface area contributed by atoms with Gasteiger partial charge in [0, 0.05) is 33.0 Å². The molecule has 1 fully saturated rings. The topological polar surface area (TPSA) is 65.1 Å². The lowest BCUT2D eigenvalue weighted by Crippen LogP contribution is -2.59. The third-order valence-electron chi connectivity index (χ3n) is 3.75. The maximum absolute atomic E-state index is 5.64. The number of hydrazine groups is 1. The van der Waals surface area contributed by atoms with Crippen LogP contribution in [0.2, 0.25) is 0 Å². The molecule has 0 amide bonds. The SMILES string of the molecule is COC1(C(Cc2nccn2C)NN)CCC1. The van der Waals surface area contributed by atoms with Crippen molar-refractivity contribution >= 4 is 0 Å². The molecule has 1 atom stereocenters. The molecule has 16 heavy (non-hydrogen) atoms. The zero-order valence-corrected chi connectivity index (χ0v) is 9.94. The predicted molar refractivity (Wildman–Crippen MR) is 61.6 cm³/mol. The molecule has 1 aromatic rings. The average molecular weight is 224 g/mol. The summed E-state index contributed by atoms with van der Waals surface area (Å²) in [6, 6.07) is 0.132. The first-order chi connectivity index (χ1) is 7.72. The van der Waals surface area contributed by atoms with E-state index in [0.717, 1.165) is 25.1 Å². The van der Waals surface area contributed by atoms with Crippen LogP contribution in [0.5, 0.6) is 0 Å². The maximum Gasteiger partial charge on any atom is 0.110 e. The first kappa shape index (κ1) is 11.6. The molecular weight excluding hydrogens is 204 g/mol. The Bertz CT molecular complexity index is 340. The Hall–Kier alpha value is -0.910. The van der Waals surface area contributed by atoms with Crippen molar-refractivity contribution in [2.75, 3.05) is 7.11 Å². The number of imidazole rings is 1. The molecule has 3 N–H and O–H groups in total. The minimum atomic E-state index is -0.0965. The minimum absolute atomic E-state index is 0.0965. The third-order valence-corrected chi connectivity index (χ3v) is 3.75. The molecule has 5 nitrogen and oxygen atoms in total. The largest absolute Gasteiger partial charge is 0.377 e. The number of nitrogens with one attached hydrogen (secondary N) is 1. The first-order valence-corrected chi connectivity index (χ1v) is 5.69. The van der Waals surface area contributed by atoms with E-state index in [1.165, 1.54) is 6.42 Å². The molecule has 1 aliphatic carbocycles. The van der Waals surface area contributed by atoms with Crippen LogP contribution in [-0.4, -0.2) is 28.3 Å². The van der Waals surface area contributed by atoms with Gasteiger partial charge in [0.25, 0.3) is 0 Å². The van der Waals surface area contributed by atoms with E-state index in [-0.39, 0.29) is 11.6 Å². The molecule has 1 saturated carbocycles. The van der Waals surface area contributed by atoms with Crippen LogP contribution in [0.4, 0.5) is 0 Å². The molecule has 0 bridgehead atoms. The highest BCUT2D eigenvalue weighted by atomic mass is 16.5. The smallest absolute Gasteiger partial charge is 0.110 e. The van der Waals surface area contributed by atoms with Gasteiger partial charge in [0.1, 0.15) is 5.82 Å². The van der Waals surface area contributed by atoms with Gasteiger partial charge < -0.3 is 9.30 Å². The van der Waals surface area contributed by atoms with E-state index in [1.807, 2.05) is 24.0 Å². The van der Waals surface area contributed by atoms with Gasteiger partial charge in [0.05, 0.1) is 11.6 Å². The van der Waals surface area contributed by atoms with E-state index < -0.39 is 0 Å². The Kier molecular flexibility index (Phi) is 3.28. The zero-order chi connectivity index (χ0) is 11.6. The van der Waals surface area contributed by atoms with Gasteiger partial charge in [-0.25, -0.2) is 4.98 Å². The predicted octanol–water partition coefficient (Wildman–Crippen LogP) is 0.364. The zero-order valence-electron chi connectivity index (χ0n) is 9.94. The summed E-state index contributed by atoms with van der Waals surface area (Å²) < 4.78 is 7.66. The monoisotopic (exact) mass is 224 g/mol. The van der Waals surface area contributed by atoms with Crippen LogP contribution >= 0.6 is 0 Å². The molecule has 1 heterocycles. The summed E-state index contributed by atoms with van der Waals surface area (Å²) in [5, 5.41) is 0. The summed E-state index contributed by atoms with van der Waals surface area (Å²) in [6.45, 7) is 0. The summed E-state index contributed by atoms with van der Waals surface area (Å²) in [5.74, 6) is 6.68. The molecule has 0 radical (unpaired) electrons. The Morgan fingerprint density at radius 3 is 2.81 bits per heavy atom. The molecule has 1 aliphatic rings. The number of nitrogens with two attached hydrogens (primary N) is 1. The average Bonchev–Trinajstić information content (AvgIpc) is 2.62. The van der Waals surface area contributed by atoms with Gasteiger partial charge >= 0.3 is 0 Å². The standard InChI is InChI=1S/C11H20N4O/c1-15-7-6-13-10(15)8-9(14-12)11(16-2)4-3-5-11/h6-7,9,14H,3-5,8,12H2,1-2H3. The normalized spacial score (nSPS) is 20.4. The number of rotatable bonds is 5. The van der Waals surface area contributed by atoms with Crippen molar-refractivity contribution in [1.29, 1.82) is 0 Å². The van der Waals surface area contributed by atoms with Crippen LogP contribution in [0.1, 0.15) is 25.1 Å². The van der Waals surface area contributed by atoms with Crippen LogP contribution in [0, 0.1) is 0 Å². The summed E-state index contributed by atoms with van der Waals surface area (Å²) in [7, 11) is 3.76. The Labute approximate surface area is 96.0 Å². The molecule has 0 aromatic carbocycles. The number of aromatic nitrogens is 2. The molecule has 1 aromatic heterocycles. The van der Waals surface area contributed by atoms with Crippen molar-refractivity contribution in [3.05, 3.63) is 18.2 Å². The quantitative estimate of drug-likeness (QED) is 0.560. The van der Waals surface area contributed by atoms with E-state index in [2.05, 4.69) is 10.4 Å². The molecular formula is C11H20N4O. The number of hydrogen-bond acceptors (Lipinski definition) is 4. The van der Waals surface area contributed by atoms with Gasteiger partial charge in [0.15, 0.2) is 0 Å². The van der Waals surface area contributed by atoms with Gasteiger partial charge in [-0.15, -0.1) is 0 Å². The molecule has 0 saturated heterocycles. The molecule has 2 rings (SSSR count). The van der Waals surface area contributed by atoms with Gasteiger partial charge in [-0.05, 0) is 19.3 Å². The summed E-state index contributed by atoms with van der Waals surface area (Å²) in [5.41, 5.74) is 2.79. The van der Waals surface area contributed by atoms with Crippen LogP contribution < -0.4 is 11.3 Å². The van der Waals surface area contributed by atoms with E-state index in [0.29, 0.717) is 0 Å². The second-order valence-electron chi connectivity index (χ2n) is 4.50. The second-order valence-corrected chi connectivity index (χ2v) is 4.50. The van der Waals surface area contributed by atoms with Crippen molar-refractivity contribution in [1.82, 2.24) is 15.0 Å². The summed E-state index contributed by atoms with van der Waals surface area (Å²) in [4.78, 5) is 4.32. The number of hydrogen-bond donors (Lipinski definition) is 2. The molecule has 1 unspecified atom stereocenters. The second kappa shape index (κ2) is 4.53. The summed E-state index contributed by atoms with van der Waals surface area (Å²) in [6.07, 6.45) is 7.92. The van der Waals surface area contributed by atoms with Crippen LogP contribution in [0.25, 0.3) is 0 Å². The molecule has 90 valence electrons. The molecule has 0 aliphatic heterocycles. The Morgan fingerprint density at radius 1 is 1.69 bits per heavy atom. The minimum Gasteiger partial charge on any atom is -0.377 e. The molecule has 5 heteroatoms. The number of nitrogens with zero attached hydrogens (tertiary/aromatic N) is 2. The van der Waals surface area contributed by atoms with Crippen molar-refractivity contribution in [2.24, 2.45) is 12.9 Å². The van der Waals surface area contributed by atoms with Crippen LogP contribution in [0.3, 0.4) is 0 Å². The number of methoxy groups -OCH3 is 1. The van der Waals surface area contributed by atoms with E-state index in [9.17, 15) is 0 Å². The van der Waals surface area contributed by atoms with Gasteiger partial charge in [-0.1, -0.05) is 0 Å². The van der Waals surface area contributed by atoms with E-state index in [1.54, 1.807) is 7.11 Å². The number of ether oxygens (including phenoxy) is 1. The maximum atomic E-state index is 5.64. The highest BCUT2D eigenvalue weighted by Gasteiger charge is 2.44. The van der Waals surface area contributed by atoms with Crippen LogP contribution in [0.15, 0.2) is 12.4 Å². The van der Waals surface area contributed by atoms with E-state index in [4.69, 9.17) is 10.6 Å². The summed E-state index contributed by atoms with van der Waals surface area (Å²) >= 11 is 0. The lowest BCUT2D eigenvalue weighted by Gasteiger charge is -2.46. The van der Waals surface area contributed by atoms with Crippen LogP contribution in [-0.2, 0) is 18.2 Å². The fourth-order valence-corrected chi connectivity index (χ4v) is 2.39. The first-order valence-electron chi connectivity index (χ1n) is 5.69. The van der Waals surface area contributed by atoms with Gasteiger partial charge in [-0.3, -0.25) is 11.3 Å².